The van der Waals surface area contributed by atoms with Crippen LogP contribution in [0.3, 0.4) is 0 Å². The molecule has 1 unspecified atom stereocenters. The maximum atomic E-state index is 11.9. The smallest absolute Gasteiger partial charge is 0.222 e. The maximum absolute atomic E-state index is 11.9. The van der Waals surface area contributed by atoms with Crippen LogP contribution in [0.1, 0.15) is 44.7 Å². The molecule has 7 nitrogen and oxygen atoms in total. The van der Waals surface area contributed by atoms with Crippen molar-refractivity contribution in [3.63, 3.8) is 0 Å². The standard InChI is InChI=1S/C22H36N4O3/c1-4-21(27)26-11-10-20(16-26)25-22(23-5-2)24-15-18-8-7-9-19(14-18)17-29-13-12-28-6-3/h7-9,14,20H,4-6,10-13,15-17H2,1-3H3,(H2,23,24,25). The Hall–Kier alpha value is -2.12. The van der Waals surface area contributed by atoms with Crippen LogP contribution in [-0.4, -0.2) is 62.3 Å². The summed E-state index contributed by atoms with van der Waals surface area (Å²) in [4.78, 5) is 18.5. The maximum Gasteiger partial charge on any atom is 0.222 e. The molecule has 0 aromatic heterocycles. The lowest BCUT2D eigenvalue weighted by atomic mass is 10.1. The SMILES string of the molecule is CCNC(=NCc1cccc(COCCOCC)c1)NC1CCN(C(=O)CC)C1. The molecule has 7 heteroatoms. The molecule has 0 radical (unpaired) electrons. The van der Waals surface area contributed by atoms with Gasteiger partial charge in [-0.2, -0.15) is 0 Å². The molecule has 1 fully saturated rings. The highest BCUT2D eigenvalue weighted by molar-refractivity contribution is 5.80. The van der Waals surface area contributed by atoms with Gasteiger partial charge >= 0.3 is 0 Å². The third-order valence-corrected chi connectivity index (χ3v) is 4.78. The molecule has 1 aromatic rings. The molecule has 1 amide bonds. The van der Waals surface area contributed by atoms with E-state index in [1.165, 1.54) is 0 Å². The Balaban J connectivity index is 1.86. The van der Waals surface area contributed by atoms with Gasteiger partial charge in [-0.15, -0.1) is 0 Å². The van der Waals surface area contributed by atoms with Crippen molar-refractivity contribution in [3.8, 4) is 0 Å². The quantitative estimate of drug-likeness (QED) is 0.336. The molecule has 29 heavy (non-hydrogen) atoms. The normalized spacial score (nSPS) is 16.9. The third kappa shape index (κ3) is 8.41. The summed E-state index contributed by atoms with van der Waals surface area (Å²) in [5.74, 6) is 1.01. The number of guanidine groups is 1. The zero-order chi connectivity index (χ0) is 20.9. The number of carbonyl (C=O) groups is 1. The van der Waals surface area contributed by atoms with Gasteiger partial charge in [0.15, 0.2) is 5.96 Å². The van der Waals surface area contributed by atoms with Gasteiger partial charge in [-0.25, -0.2) is 4.99 Å². The number of aliphatic imine (C=N–C) groups is 1. The van der Waals surface area contributed by atoms with Gasteiger partial charge in [0.1, 0.15) is 0 Å². The molecule has 1 aliphatic rings. The predicted molar refractivity (Wildman–Crippen MR) is 116 cm³/mol. The fraction of sp³-hybridized carbons (Fsp3) is 0.636. The zero-order valence-corrected chi connectivity index (χ0v) is 18.1. The first-order chi connectivity index (χ1) is 14.2. The summed E-state index contributed by atoms with van der Waals surface area (Å²) < 4.78 is 10.9. The van der Waals surface area contributed by atoms with Crippen LogP contribution in [0, 0.1) is 0 Å². The van der Waals surface area contributed by atoms with E-state index in [2.05, 4.69) is 35.8 Å². The minimum Gasteiger partial charge on any atom is -0.379 e. The summed E-state index contributed by atoms with van der Waals surface area (Å²) in [5.41, 5.74) is 2.28. The van der Waals surface area contributed by atoms with Crippen LogP contribution < -0.4 is 10.6 Å². The molecule has 2 rings (SSSR count). The number of likely N-dealkylation sites (tertiary alicyclic amines) is 1. The highest BCUT2D eigenvalue weighted by Crippen LogP contribution is 2.11. The number of nitrogens with zero attached hydrogens (tertiary/aromatic N) is 2. The van der Waals surface area contributed by atoms with Gasteiger partial charge in [0.2, 0.25) is 5.91 Å². The average Bonchev–Trinajstić information content (AvgIpc) is 3.20. The summed E-state index contributed by atoms with van der Waals surface area (Å²) >= 11 is 0. The molecular weight excluding hydrogens is 368 g/mol. The number of carbonyl (C=O) groups excluding carboxylic acids is 1. The summed E-state index contributed by atoms with van der Waals surface area (Å²) in [5, 5.41) is 6.77. The van der Waals surface area contributed by atoms with Crippen molar-refractivity contribution in [2.75, 3.05) is 39.5 Å². The molecule has 2 N–H and O–H groups in total. The van der Waals surface area contributed by atoms with E-state index >= 15 is 0 Å². The second-order valence-corrected chi connectivity index (χ2v) is 7.09. The molecule has 0 spiro atoms. The topological polar surface area (TPSA) is 75.2 Å². The number of benzene rings is 1. The number of amides is 1. The Bertz CT molecular complexity index is 651. The second kappa shape index (κ2) is 13.2. The lowest BCUT2D eigenvalue weighted by Crippen LogP contribution is -2.45. The molecule has 162 valence electrons. The first-order valence-electron chi connectivity index (χ1n) is 10.7. The lowest BCUT2D eigenvalue weighted by molar-refractivity contribution is -0.129. The molecule has 1 aromatic carbocycles. The molecular formula is C22H36N4O3. The second-order valence-electron chi connectivity index (χ2n) is 7.09. The number of hydrogen-bond acceptors (Lipinski definition) is 4. The van der Waals surface area contributed by atoms with E-state index in [4.69, 9.17) is 14.5 Å². The first kappa shape index (κ1) is 23.2. The molecule has 1 atom stereocenters. The lowest BCUT2D eigenvalue weighted by Gasteiger charge is -2.18. The minimum atomic E-state index is 0.219. The third-order valence-electron chi connectivity index (χ3n) is 4.78. The van der Waals surface area contributed by atoms with E-state index < -0.39 is 0 Å². The van der Waals surface area contributed by atoms with Crippen LogP contribution in [0.2, 0.25) is 0 Å². The Morgan fingerprint density at radius 2 is 2.00 bits per heavy atom. The van der Waals surface area contributed by atoms with Crippen LogP contribution >= 0.6 is 0 Å². The van der Waals surface area contributed by atoms with Gasteiger partial charge in [0, 0.05) is 38.7 Å². The Morgan fingerprint density at radius 1 is 1.21 bits per heavy atom. The molecule has 1 saturated heterocycles. The fourth-order valence-corrected chi connectivity index (χ4v) is 3.28. The van der Waals surface area contributed by atoms with Crippen LogP contribution in [0.5, 0.6) is 0 Å². The summed E-state index contributed by atoms with van der Waals surface area (Å²) in [7, 11) is 0. The summed E-state index contributed by atoms with van der Waals surface area (Å²) in [6.07, 6.45) is 1.51. The molecule has 1 heterocycles. The van der Waals surface area contributed by atoms with E-state index in [1.54, 1.807) is 0 Å². The molecule has 0 aliphatic carbocycles. The van der Waals surface area contributed by atoms with Crippen molar-refractivity contribution in [2.45, 2.75) is 52.8 Å². The monoisotopic (exact) mass is 404 g/mol. The van der Waals surface area contributed by atoms with Crippen LogP contribution in [0.4, 0.5) is 0 Å². The number of nitrogens with one attached hydrogen (secondary N) is 2. The van der Waals surface area contributed by atoms with Crippen molar-refractivity contribution in [1.29, 1.82) is 0 Å². The van der Waals surface area contributed by atoms with Gasteiger partial charge in [0.05, 0.1) is 26.4 Å². The predicted octanol–water partition coefficient (Wildman–Crippen LogP) is 2.31. The van der Waals surface area contributed by atoms with Gasteiger partial charge in [0.25, 0.3) is 0 Å². The van der Waals surface area contributed by atoms with Gasteiger partial charge in [-0.1, -0.05) is 31.2 Å². The minimum absolute atomic E-state index is 0.219. The largest absolute Gasteiger partial charge is 0.379 e. The fourth-order valence-electron chi connectivity index (χ4n) is 3.28. The van der Waals surface area contributed by atoms with Gasteiger partial charge in [-0.05, 0) is 31.4 Å². The highest BCUT2D eigenvalue weighted by atomic mass is 16.5. The van der Waals surface area contributed by atoms with Crippen molar-refractivity contribution >= 4 is 11.9 Å². The van der Waals surface area contributed by atoms with Crippen molar-refractivity contribution in [3.05, 3.63) is 35.4 Å². The van der Waals surface area contributed by atoms with E-state index in [0.717, 1.165) is 43.1 Å². The van der Waals surface area contributed by atoms with E-state index in [-0.39, 0.29) is 11.9 Å². The Kier molecular flexibility index (Phi) is 10.5. The Morgan fingerprint density at radius 3 is 2.76 bits per heavy atom. The molecule has 1 aliphatic heterocycles. The number of hydrogen-bond donors (Lipinski definition) is 2. The van der Waals surface area contributed by atoms with Gasteiger partial charge in [-0.3, -0.25) is 4.79 Å². The van der Waals surface area contributed by atoms with E-state index in [1.807, 2.05) is 24.8 Å². The van der Waals surface area contributed by atoms with Crippen molar-refractivity contribution in [2.24, 2.45) is 4.99 Å². The highest BCUT2D eigenvalue weighted by Gasteiger charge is 2.25. The number of ether oxygens (including phenoxy) is 2. The molecule has 0 bridgehead atoms. The summed E-state index contributed by atoms with van der Waals surface area (Å²) in [6, 6.07) is 8.56. The molecule has 0 saturated carbocycles. The Labute approximate surface area is 174 Å². The van der Waals surface area contributed by atoms with Crippen LogP contribution in [0.15, 0.2) is 29.3 Å². The van der Waals surface area contributed by atoms with Crippen LogP contribution in [-0.2, 0) is 27.4 Å². The zero-order valence-electron chi connectivity index (χ0n) is 18.1. The van der Waals surface area contributed by atoms with E-state index in [9.17, 15) is 4.79 Å². The van der Waals surface area contributed by atoms with Crippen molar-refractivity contribution < 1.29 is 14.3 Å². The summed E-state index contributed by atoms with van der Waals surface area (Å²) in [6.45, 7) is 11.4. The first-order valence-corrected chi connectivity index (χ1v) is 10.7. The van der Waals surface area contributed by atoms with Gasteiger partial charge < -0.3 is 25.0 Å². The van der Waals surface area contributed by atoms with Crippen LogP contribution in [0.25, 0.3) is 0 Å². The van der Waals surface area contributed by atoms with E-state index in [0.29, 0.717) is 39.4 Å². The van der Waals surface area contributed by atoms with Crippen molar-refractivity contribution in [1.82, 2.24) is 15.5 Å². The number of rotatable bonds is 11. The average molecular weight is 405 g/mol.